The molecule has 0 aliphatic carbocycles. The van der Waals surface area contributed by atoms with E-state index < -0.39 is 0 Å². The fourth-order valence-electron chi connectivity index (χ4n) is 2.76. The summed E-state index contributed by atoms with van der Waals surface area (Å²) in [5.74, 6) is 0.179. The van der Waals surface area contributed by atoms with Crippen LogP contribution in [-0.4, -0.2) is 36.0 Å². The van der Waals surface area contributed by atoms with E-state index in [1.807, 2.05) is 4.90 Å². The summed E-state index contributed by atoms with van der Waals surface area (Å²) in [7, 11) is 0. The van der Waals surface area contributed by atoms with Gasteiger partial charge in [0.25, 0.3) is 0 Å². The number of hydrogen-bond donors (Lipinski definition) is 0. The fraction of sp³-hybridized carbons (Fsp3) is 0.533. The van der Waals surface area contributed by atoms with Crippen LogP contribution in [0.1, 0.15) is 26.3 Å². The number of benzene rings is 1. The highest BCUT2D eigenvalue weighted by atomic mass is 16.2. The number of rotatable bonds is 1. The topological polar surface area (TPSA) is 23.6 Å². The lowest BCUT2D eigenvalue weighted by molar-refractivity contribution is -0.131. The van der Waals surface area contributed by atoms with E-state index in [1.165, 1.54) is 11.3 Å². The van der Waals surface area contributed by atoms with Gasteiger partial charge in [0.2, 0.25) is 5.91 Å². The van der Waals surface area contributed by atoms with Crippen LogP contribution in [0, 0.1) is 6.92 Å². The standard InChI is InChI=1S/C15H22N2O/c1-11-6-5-7-15(10-11)17-9-8-16(14(4)18)12(2)13(17)3/h5-7,10,12-13H,8-9H2,1-4H3. The minimum Gasteiger partial charge on any atom is -0.365 e. The van der Waals surface area contributed by atoms with Crippen LogP contribution in [0.2, 0.25) is 0 Å². The SMILES string of the molecule is CC(=O)N1CCN(c2cccc(C)c2)C(C)C1C. The molecule has 1 saturated heterocycles. The van der Waals surface area contributed by atoms with Crippen LogP contribution in [0.15, 0.2) is 24.3 Å². The van der Waals surface area contributed by atoms with Crippen molar-refractivity contribution in [3.05, 3.63) is 29.8 Å². The Bertz CT molecular complexity index is 444. The second-order valence-corrected chi connectivity index (χ2v) is 5.23. The predicted molar refractivity (Wildman–Crippen MR) is 74.8 cm³/mol. The van der Waals surface area contributed by atoms with Gasteiger partial charge in [0.05, 0.1) is 0 Å². The number of nitrogens with zero attached hydrogens (tertiary/aromatic N) is 2. The Labute approximate surface area is 109 Å². The largest absolute Gasteiger partial charge is 0.365 e. The lowest BCUT2D eigenvalue weighted by Gasteiger charge is -2.46. The van der Waals surface area contributed by atoms with Crippen molar-refractivity contribution in [2.45, 2.75) is 39.8 Å². The monoisotopic (exact) mass is 246 g/mol. The molecule has 1 aliphatic rings. The molecule has 3 heteroatoms. The van der Waals surface area contributed by atoms with Crippen LogP contribution >= 0.6 is 0 Å². The van der Waals surface area contributed by atoms with Gasteiger partial charge in [-0.3, -0.25) is 4.79 Å². The summed E-state index contributed by atoms with van der Waals surface area (Å²) in [6.07, 6.45) is 0. The van der Waals surface area contributed by atoms with Crippen molar-refractivity contribution in [3.63, 3.8) is 0 Å². The third-order valence-corrected chi connectivity index (χ3v) is 4.00. The molecule has 2 rings (SSSR count). The van der Waals surface area contributed by atoms with E-state index in [0.29, 0.717) is 6.04 Å². The molecule has 1 aromatic rings. The molecular formula is C15H22N2O. The van der Waals surface area contributed by atoms with E-state index in [-0.39, 0.29) is 11.9 Å². The van der Waals surface area contributed by atoms with Crippen molar-refractivity contribution in [3.8, 4) is 0 Å². The lowest BCUT2D eigenvalue weighted by Crippen LogP contribution is -2.58. The molecule has 1 aliphatic heterocycles. The average molecular weight is 246 g/mol. The molecule has 1 amide bonds. The fourth-order valence-corrected chi connectivity index (χ4v) is 2.76. The van der Waals surface area contributed by atoms with Gasteiger partial charge in [0.1, 0.15) is 0 Å². The zero-order valence-electron chi connectivity index (χ0n) is 11.7. The first-order chi connectivity index (χ1) is 8.50. The van der Waals surface area contributed by atoms with E-state index in [0.717, 1.165) is 13.1 Å². The van der Waals surface area contributed by atoms with Gasteiger partial charge in [-0.1, -0.05) is 12.1 Å². The first kappa shape index (κ1) is 12.9. The molecule has 0 spiro atoms. The van der Waals surface area contributed by atoms with E-state index in [9.17, 15) is 4.79 Å². The van der Waals surface area contributed by atoms with Crippen LogP contribution < -0.4 is 4.90 Å². The van der Waals surface area contributed by atoms with Crippen LogP contribution in [0.4, 0.5) is 5.69 Å². The van der Waals surface area contributed by atoms with Crippen LogP contribution in [-0.2, 0) is 4.79 Å². The van der Waals surface area contributed by atoms with Crippen LogP contribution in [0.3, 0.4) is 0 Å². The third-order valence-electron chi connectivity index (χ3n) is 4.00. The predicted octanol–water partition coefficient (Wildman–Crippen LogP) is 2.44. The Morgan fingerprint density at radius 3 is 2.56 bits per heavy atom. The van der Waals surface area contributed by atoms with Crippen LogP contribution in [0.5, 0.6) is 0 Å². The number of anilines is 1. The van der Waals surface area contributed by atoms with E-state index in [4.69, 9.17) is 0 Å². The van der Waals surface area contributed by atoms with Crippen molar-refractivity contribution in [1.82, 2.24) is 4.90 Å². The highest BCUT2D eigenvalue weighted by Gasteiger charge is 2.31. The average Bonchev–Trinajstić information content (AvgIpc) is 2.32. The quantitative estimate of drug-likeness (QED) is 0.760. The van der Waals surface area contributed by atoms with Gasteiger partial charge in [-0.15, -0.1) is 0 Å². The Hall–Kier alpha value is -1.51. The molecule has 1 fully saturated rings. The maximum absolute atomic E-state index is 11.6. The molecule has 3 nitrogen and oxygen atoms in total. The summed E-state index contributed by atoms with van der Waals surface area (Å²) in [6, 6.07) is 9.19. The second kappa shape index (κ2) is 5.01. The van der Waals surface area contributed by atoms with Crippen molar-refractivity contribution >= 4 is 11.6 Å². The molecule has 0 bridgehead atoms. The van der Waals surface area contributed by atoms with Gasteiger partial charge in [-0.2, -0.15) is 0 Å². The number of amides is 1. The molecule has 98 valence electrons. The molecule has 1 heterocycles. The zero-order valence-corrected chi connectivity index (χ0v) is 11.7. The normalized spacial score (nSPS) is 24.2. The minimum absolute atomic E-state index is 0.179. The van der Waals surface area contributed by atoms with Crippen molar-refractivity contribution < 1.29 is 4.79 Å². The van der Waals surface area contributed by atoms with E-state index in [2.05, 4.69) is 49.9 Å². The zero-order chi connectivity index (χ0) is 13.3. The van der Waals surface area contributed by atoms with Gasteiger partial charge in [-0.05, 0) is 38.5 Å². The number of carbonyl (C=O) groups excluding carboxylic acids is 1. The Kier molecular flexibility index (Phi) is 3.60. The molecule has 0 N–H and O–H groups in total. The summed E-state index contributed by atoms with van der Waals surface area (Å²) in [6.45, 7) is 9.83. The van der Waals surface area contributed by atoms with Crippen molar-refractivity contribution in [2.24, 2.45) is 0 Å². The minimum atomic E-state index is 0.179. The maximum atomic E-state index is 11.6. The van der Waals surface area contributed by atoms with Gasteiger partial charge in [-0.25, -0.2) is 0 Å². The number of carbonyl (C=O) groups is 1. The van der Waals surface area contributed by atoms with Crippen molar-refractivity contribution in [2.75, 3.05) is 18.0 Å². The van der Waals surface area contributed by atoms with E-state index >= 15 is 0 Å². The molecule has 18 heavy (non-hydrogen) atoms. The molecule has 0 radical (unpaired) electrons. The highest BCUT2D eigenvalue weighted by Crippen LogP contribution is 2.25. The summed E-state index contributed by atoms with van der Waals surface area (Å²) in [5, 5.41) is 0. The Morgan fingerprint density at radius 2 is 1.94 bits per heavy atom. The summed E-state index contributed by atoms with van der Waals surface area (Å²) < 4.78 is 0. The van der Waals surface area contributed by atoms with Crippen molar-refractivity contribution in [1.29, 1.82) is 0 Å². The number of aryl methyl sites for hydroxylation is 1. The molecule has 2 unspecified atom stereocenters. The number of piperazine rings is 1. The number of hydrogen-bond acceptors (Lipinski definition) is 2. The summed E-state index contributed by atoms with van der Waals surface area (Å²) in [4.78, 5) is 15.9. The Morgan fingerprint density at radius 1 is 1.22 bits per heavy atom. The van der Waals surface area contributed by atoms with Gasteiger partial charge in [0.15, 0.2) is 0 Å². The Balaban J connectivity index is 2.20. The summed E-state index contributed by atoms with van der Waals surface area (Å²) >= 11 is 0. The smallest absolute Gasteiger partial charge is 0.219 e. The highest BCUT2D eigenvalue weighted by molar-refractivity contribution is 5.74. The molecule has 1 aromatic carbocycles. The summed E-state index contributed by atoms with van der Waals surface area (Å²) in [5.41, 5.74) is 2.54. The van der Waals surface area contributed by atoms with Gasteiger partial charge < -0.3 is 9.80 Å². The first-order valence-electron chi connectivity index (χ1n) is 6.61. The third kappa shape index (κ3) is 2.35. The van der Waals surface area contributed by atoms with Crippen LogP contribution in [0.25, 0.3) is 0 Å². The molecule has 0 aromatic heterocycles. The first-order valence-corrected chi connectivity index (χ1v) is 6.61. The second-order valence-electron chi connectivity index (χ2n) is 5.23. The van der Waals surface area contributed by atoms with E-state index in [1.54, 1.807) is 6.92 Å². The van der Waals surface area contributed by atoms with Gasteiger partial charge in [0, 0.05) is 37.8 Å². The molecule has 0 saturated carbocycles. The lowest BCUT2D eigenvalue weighted by atomic mass is 10.0. The van der Waals surface area contributed by atoms with Gasteiger partial charge >= 0.3 is 0 Å². The molecular weight excluding hydrogens is 224 g/mol. The molecule has 2 atom stereocenters. The maximum Gasteiger partial charge on any atom is 0.219 e.